The molecule has 1 saturated heterocycles. The third-order valence-electron chi connectivity index (χ3n) is 1.73. The van der Waals surface area contributed by atoms with Crippen LogP contribution in [0.5, 0.6) is 0 Å². The van der Waals surface area contributed by atoms with Crippen LogP contribution < -0.4 is 0 Å². The molecular weight excluding hydrogens is 160 g/mol. The summed E-state index contributed by atoms with van der Waals surface area (Å²) in [6, 6.07) is 0. The summed E-state index contributed by atoms with van der Waals surface area (Å²) < 4.78 is 0. The quantitative estimate of drug-likeness (QED) is 0.558. The van der Waals surface area contributed by atoms with Gasteiger partial charge in [0.05, 0.1) is 0 Å². The Bertz CT molecular complexity index is 147. The number of carbonyl (C=O) groups is 2. The summed E-state index contributed by atoms with van der Waals surface area (Å²) in [7, 11) is 0. The van der Waals surface area contributed by atoms with Crippen LogP contribution in [0.15, 0.2) is 0 Å². The number of hydrogen-bond donors (Lipinski definition) is 0. The maximum atomic E-state index is 11.0. The second-order valence-electron chi connectivity index (χ2n) is 2.72. The fraction of sp³-hybridized carbons (Fsp3) is 0.750. The maximum absolute atomic E-state index is 11.0. The van der Waals surface area contributed by atoms with Crippen molar-refractivity contribution < 1.29 is 9.59 Å². The van der Waals surface area contributed by atoms with E-state index in [1.165, 1.54) is 11.8 Å². The number of thioether (sulfide) groups is 1. The first-order valence-corrected chi connectivity index (χ1v) is 4.95. The Balaban J connectivity index is 2.35. The van der Waals surface area contributed by atoms with Crippen molar-refractivity contribution in [3.8, 4) is 0 Å². The molecule has 1 rings (SSSR count). The molecule has 11 heavy (non-hydrogen) atoms. The van der Waals surface area contributed by atoms with E-state index in [0.717, 1.165) is 12.8 Å². The summed E-state index contributed by atoms with van der Waals surface area (Å²) in [6.07, 6.45) is 3.69. The lowest BCUT2D eigenvalue weighted by atomic mass is 10.1. The molecule has 1 aliphatic rings. The summed E-state index contributed by atoms with van der Waals surface area (Å²) >= 11 is 1.31. The predicted molar refractivity (Wildman–Crippen MR) is 45.6 cm³/mol. The van der Waals surface area contributed by atoms with Crippen molar-refractivity contribution >= 4 is 22.7 Å². The van der Waals surface area contributed by atoms with Crippen LogP contribution in [-0.2, 0) is 9.59 Å². The Morgan fingerprint density at radius 1 is 1.00 bits per heavy atom. The number of hydrogen-bond acceptors (Lipinski definition) is 3. The van der Waals surface area contributed by atoms with E-state index in [9.17, 15) is 9.59 Å². The van der Waals surface area contributed by atoms with Crippen LogP contribution in [0.2, 0.25) is 0 Å². The molecule has 0 saturated carbocycles. The molecule has 2 nitrogen and oxygen atoms in total. The molecule has 0 aliphatic carbocycles. The Kier molecular flexibility index (Phi) is 3.63. The first-order valence-electron chi connectivity index (χ1n) is 3.96. The average Bonchev–Trinajstić information content (AvgIpc) is 2.04. The van der Waals surface area contributed by atoms with Crippen molar-refractivity contribution in [2.75, 3.05) is 5.75 Å². The maximum Gasteiger partial charge on any atom is 0.188 e. The van der Waals surface area contributed by atoms with Gasteiger partial charge in [-0.25, -0.2) is 0 Å². The van der Waals surface area contributed by atoms with Crippen LogP contribution in [0.1, 0.15) is 32.1 Å². The minimum Gasteiger partial charge on any atom is -0.300 e. The van der Waals surface area contributed by atoms with Crippen LogP contribution in [0.25, 0.3) is 0 Å². The van der Waals surface area contributed by atoms with Crippen molar-refractivity contribution in [1.82, 2.24) is 0 Å². The van der Waals surface area contributed by atoms with E-state index in [2.05, 4.69) is 0 Å². The van der Waals surface area contributed by atoms with Gasteiger partial charge in [-0.05, 0) is 12.8 Å². The molecule has 0 radical (unpaired) electrons. The molecule has 1 aliphatic heterocycles. The van der Waals surface area contributed by atoms with Gasteiger partial charge in [0.1, 0.15) is 5.78 Å². The standard InChI is InChI=1S/C8H12O2S/c9-7-3-1-2-4-8(10)11-6-5-7/h1-6H2. The minimum atomic E-state index is 0.250. The Hall–Kier alpha value is -0.310. The Morgan fingerprint density at radius 2 is 1.73 bits per heavy atom. The van der Waals surface area contributed by atoms with E-state index in [0.29, 0.717) is 30.8 Å². The first-order chi connectivity index (χ1) is 5.29. The summed E-state index contributed by atoms with van der Waals surface area (Å²) in [6.45, 7) is 0. The average molecular weight is 172 g/mol. The first kappa shape index (κ1) is 8.78. The highest BCUT2D eigenvalue weighted by Gasteiger charge is 2.09. The normalized spacial score (nSPS) is 22.2. The van der Waals surface area contributed by atoms with Crippen LogP contribution in [0, 0.1) is 0 Å². The lowest BCUT2D eigenvalue weighted by molar-refractivity contribution is -0.118. The molecular formula is C8H12O2S. The molecule has 62 valence electrons. The van der Waals surface area contributed by atoms with Gasteiger partial charge >= 0.3 is 0 Å². The Labute approximate surface area is 70.7 Å². The van der Waals surface area contributed by atoms with Gasteiger partial charge in [0.15, 0.2) is 5.12 Å². The van der Waals surface area contributed by atoms with Gasteiger partial charge in [-0.1, -0.05) is 11.8 Å². The molecule has 0 amide bonds. The van der Waals surface area contributed by atoms with Crippen LogP contribution in [0.3, 0.4) is 0 Å². The van der Waals surface area contributed by atoms with Crippen molar-refractivity contribution in [2.45, 2.75) is 32.1 Å². The molecule has 1 heterocycles. The van der Waals surface area contributed by atoms with E-state index >= 15 is 0 Å². The van der Waals surface area contributed by atoms with E-state index < -0.39 is 0 Å². The smallest absolute Gasteiger partial charge is 0.188 e. The van der Waals surface area contributed by atoms with Gasteiger partial charge in [0, 0.05) is 25.0 Å². The number of Topliss-reactive ketones (excluding diaryl/α,β-unsaturated/α-hetero) is 1. The molecule has 3 heteroatoms. The predicted octanol–water partition coefficient (Wildman–Crippen LogP) is 1.78. The van der Waals surface area contributed by atoms with Crippen molar-refractivity contribution in [2.24, 2.45) is 0 Å². The molecule has 0 N–H and O–H groups in total. The number of rotatable bonds is 0. The molecule has 0 aromatic rings. The van der Waals surface area contributed by atoms with Crippen molar-refractivity contribution in [1.29, 1.82) is 0 Å². The third kappa shape index (κ3) is 3.56. The molecule has 0 bridgehead atoms. The van der Waals surface area contributed by atoms with Gasteiger partial charge in [0.2, 0.25) is 0 Å². The zero-order valence-corrected chi connectivity index (χ0v) is 7.28. The van der Waals surface area contributed by atoms with Gasteiger partial charge in [-0.15, -0.1) is 0 Å². The molecule has 0 unspecified atom stereocenters. The van der Waals surface area contributed by atoms with Crippen LogP contribution >= 0.6 is 11.8 Å². The second kappa shape index (κ2) is 4.54. The van der Waals surface area contributed by atoms with Crippen LogP contribution in [0.4, 0.5) is 0 Å². The fourth-order valence-electron chi connectivity index (χ4n) is 1.07. The molecule has 0 atom stereocenters. The highest BCUT2D eigenvalue weighted by Crippen LogP contribution is 2.15. The fourth-order valence-corrected chi connectivity index (χ4v) is 1.91. The molecule has 0 aromatic carbocycles. The molecule has 1 fully saturated rings. The number of ketones is 1. The number of carbonyl (C=O) groups excluding carboxylic acids is 2. The van der Waals surface area contributed by atoms with E-state index in [-0.39, 0.29) is 5.12 Å². The Morgan fingerprint density at radius 3 is 2.55 bits per heavy atom. The van der Waals surface area contributed by atoms with E-state index in [4.69, 9.17) is 0 Å². The molecule has 0 aromatic heterocycles. The van der Waals surface area contributed by atoms with Gasteiger partial charge < -0.3 is 0 Å². The highest BCUT2D eigenvalue weighted by molar-refractivity contribution is 8.13. The third-order valence-corrected chi connectivity index (χ3v) is 2.66. The monoisotopic (exact) mass is 172 g/mol. The lowest BCUT2D eigenvalue weighted by Gasteiger charge is -1.93. The topological polar surface area (TPSA) is 34.1 Å². The van der Waals surface area contributed by atoms with Gasteiger partial charge in [0.25, 0.3) is 0 Å². The lowest BCUT2D eigenvalue weighted by Crippen LogP contribution is -1.97. The van der Waals surface area contributed by atoms with Crippen molar-refractivity contribution in [3.05, 3.63) is 0 Å². The largest absolute Gasteiger partial charge is 0.300 e. The zero-order valence-electron chi connectivity index (χ0n) is 6.47. The summed E-state index contributed by atoms with van der Waals surface area (Å²) in [5.74, 6) is 1.00. The summed E-state index contributed by atoms with van der Waals surface area (Å²) in [4.78, 5) is 21.9. The SMILES string of the molecule is O=C1CCCCC(=O)SCC1. The summed E-state index contributed by atoms with van der Waals surface area (Å²) in [5.41, 5.74) is 0. The van der Waals surface area contributed by atoms with Crippen molar-refractivity contribution in [3.63, 3.8) is 0 Å². The molecule has 0 spiro atoms. The summed E-state index contributed by atoms with van der Waals surface area (Å²) in [5, 5.41) is 0.250. The van der Waals surface area contributed by atoms with E-state index in [1.807, 2.05) is 0 Å². The minimum absolute atomic E-state index is 0.250. The van der Waals surface area contributed by atoms with Crippen LogP contribution in [-0.4, -0.2) is 16.7 Å². The second-order valence-corrected chi connectivity index (χ2v) is 3.87. The zero-order chi connectivity index (χ0) is 8.10. The van der Waals surface area contributed by atoms with E-state index in [1.54, 1.807) is 0 Å². The van der Waals surface area contributed by atoms with Gasteiger partial charge in [-0.3, -0.25) is 9.59 Å². The highest BCUT2D eigenvalue weighted by atomic mass is 32.2. The van der Waals surface area contributed by atoms with Gasteiger partial charge in [-0.2, -0.15) is 0 Å².